The van der Waals surface area contributed by atoms with Gasteiger partial charge in [0.25, 0.3) is 0 Å². The zero-order valence-electron chi connectivity index (χ0n) is 9.82. The normalized spacial score (nSPS) is 26.1. The van der Waals surface area contributed by atoms with Gasteiger partial charge in [0, 0.05) is 38.8 Å². The number of hydrogen-bond acceptors (Lipinski definition) is 2. The Bertz CT molecular complexity index is 223. The molecule has 3 nitrogen and oxygen atoms in total. The molecule has 1 saturated heterocycles. The molecule has 1 radical (unpaired) electrons. The predicted octanol–water partition coefficient (Wildman–Crippen LogP) is 1.16. The number of amides is 1. The summed E-state index contributed by atoms with van der Waals surface area (Å²) in [5, 5.41) is 3.33. The fourth-order valence-electron chi connectivity index (χ4n) is 2.75. The van der Waals surface area contributed by atoms with Crippen LogP contribution in [0.4, 0.5) is 0 Å². The second-order valence-corrected chi connectivity index (χ2v) is 4.52. The first kappa shape index (κ1) is 14.5. The van der Waals surface area contributed by atoms with Gasteiger partial charge >= 0.3 is 0 Å². The van der Waals surface area contributed by atoms with E-state index >= 15 is 0 Å². The van der Waals surface area contributed by atoms with Crippen molar-refractivity contribution in [3.63, 3.8) is 0 Å². The Balaban J connectivity index is 0.00000128. The molecular formula is C12H20N2OY-2. The summed E-state index contributed by atoms with van der Waals surface area (Å²) in [5.74, 6) is 0.00468. The third-order valence-corrected chi connectivity index (χ3v) is 3.49. The van der Waals surface area contributed by atoms with Crippen LogP contribution in [0.2, 0.25) is 0 Å². The molecule has 1 heterocycles. The second-order valence-electron chi connectivity index (χ2n) is 4.52. The molecule has 1 saturated carbocycles. The van der Waals surface area contributed by atoms with Crippen molar-refractivity contribution in [1.29, 1.82) is 0 Å². The molecule has 0 aromatic heterocycles. The topological polar surface area (TPSA) is 32.3 Å². The molecule has 4 heteroatoms. The molecule has 2 aliphatic rings. The van der Waals surface area contributed by atoms with Gasteiger partial charge in [-0.3, -0.25) is 0 Å². The number of carbonyl (C=O) groups is 1. The summed E-state index contributed by atoms with van der Waals surface area (Å²) in [6.45, 7) is 5.66. The Labute approximate surface area is 124 Å². The number of piperidine rings is 1. The molecular weight excluding hydrogens is 277 g/mol. The van der Waals surface area contributed by atoms with Crippen molar-refractivity contribution in [2.45, 2.75) is 44.2 Å². The Morgan fingerprint density at radius 3 is 2.50 bits per heavy atom. The van der Waals surface area contributed by atoms with Crippen LogP contribution in [0.3, 0.4) is 0 Å². The maximum Gasteiger partial charge on any atom is 0.0803 e. The molecule has 1 aliphatic carbocycles. The van der Waals surface area contributed by atoms with E-state index in [0.717, 1.165) is 38.8 Å². The number of nitrogens with zero attached hydrogens (tertiary/aromatic N) is 1. The molecule has 1 unspecified atom stereocenters. The summed E-state index contributed by atoms with van der Waals surface area (Å²) in [4.78, 5) is 13.6. The maximum absolute atomic E-state index is 11.6. The number of nitrogens with one attached hydrogen (secondary N) is 1. The Hall–Kier alpha value is 0.404. The van der Waals surface area contributed by atoms with E-state index in [0.29, 0.717) is 12.1 Å². The van der Waals surface area contributed by atoms with Crippen LogP contribution in [0, 0.1) is 13.3 Å². The van der Waals surface area contributed by atoms with Gasteiger partial charge in [-0.15, -0.1) is 0 Å². The van der Waals surface area contributed by atoms with Gasteiger partial charge < -0.3 is 28.4 Å². The first-order valence-electron chi connectivity index (χ1n) is 5.97. The van der Waals surface area contributed by atoms with Crippen LogP contribution in [0.15, 0.2) is 0 Å². The molecule has 2 fully saturated rings. The summed E-state index contributed by atoms with van der Waals surface area (Å²) >= 11 is 0. The molecule has 0 aromatic carbocycles. The van der Waals surface area contributed by atoms with Gasteiger partial charge in [-0.2, -0.15) is 6.42 Å². The van der Waals surface area contributed by atoms with Gasteiger partial charge in [-0.1, -0.05) is 18.9 Å². The summed E-state index contributed by atoms with van der Waals surface area (Å²) in [7, 11) is 0. The molecule has 1 aliphatic heterocycles. The zero-order valence-corrected chi connectivity index (χ0v) is 12.7. The molecule has 16 heavy (non-hydrogen) atoms. The third-order valence-electron chi connectivity index (χ3n) is 3.49. The van der Waals surface area contributed by atoms with Gasteiger partial charge in [-0.05, 0) is 25.9 Å². The molecule has 1 amide bonds. The summed E-state index contributed by atoms with van der Waals surface area (Å²) < 4.78 is 0. The van der Waals surface area contributed by atoms with Crippen molar-refractivity contribution in [3.05, 3.63) is 13.3 Å². The minimum Gasteiger partial charge on any atom is -0.391 e. The van der Waals surface area contributed by atoms with Crippen molar-refractivity contribution in [3.8, 4) is 0 Å². The van der Waals surface area contributed by atoms with Crippen LogP contribution < -0.4 is 5.32 Å². The fourth-order valence-corrected chi connectivity index (χ4v) is 2.75. The van der Waals surface area contributed by atoms with E-state index in [-0.39, 0.29) is 38.6 Å². The first-order chi connectivity index (χ1) is 7.29. The van der Waals surface area contributed by atoms with E-state index in [1.807, 2.05) is 4.90 Å². The molecule has 89 valence electrons. The van der Waals surface area contributed by atoms with E-state index < -0.39 is 0 Å². The molecule has 0 bridgehead atoms. The first-order valence-corrected chi connectivity index (χ1v) is 5.97. The summed E-state index contributed by atoms with van der Waals surface area (Å²) in [6, 6.07) is 0.772. The monoisotopic (exact) mass is 297 g/mol. The van der Waals surface area contributed by atoms with E-state index in [1.54, 1.807) is 0 Å². The van der Waals surface area contributed by atoms with Crippen molar-refractivity contribution in [1.82, 2.24) is 10.2 Å². The molecule has 0 spiro atoms. The number of hydrogen-bond donors (Lipinski definition) is 1. The van der Waals surface area contributed by atoms with Crippen molar-refractivity contribution < 1.29 is 37.5 Å². The van der Waals surface area contributed by atoms with E-state index in [1.165, 1.54) is 6.42 Å². The quantitative estimate of drug-likeness (QED) is 0.776. The van der Waals surface area contributed by atoms with Crippen molar-refractivity contribution in [2.75, 3.05) is 13.1 Å². The summed E-state index contributed by atoms with van der Waals surface area (Å²) in [6.07, 6.45) is 7.94. The largest absolute Gasteiger partial charge is 0.391 e. The average Bonchev–Trinajstić information content (AvgIpc) is 2.72. The van der Waals surface area contributed by atoms with Crippen LogP contribution in [0.1, 0.15) is 32.1 Å². The smallest absolute Gasteiger partial charge is 0.0803 e. The van der Waals surface area contributed by atoms with Crippen LogP contribution in [0.5, 0.6) is 0 Å². The maximum atomic E-state index is 11.6. The summed E-state index contributed by atoms with van der Waals surface area (Å²) in [5.41, 5.74) is 0. The van der Waals surface area contributed by atoms with Gasteiger partial charge in [0.15, 0.2) is 0 Å². The minimum absolute atomic E-state index is 0. The molecule has 2 rings (SSSR count). The van der Waals surface area contributed by atoms with Crippen LogP contribution in [0.25, 0.3) is 0 Å². The average molecular weight is 297 g/mol. The Morgan fingerprint density at radius 2 is 2.00 bits per heavy atom. The van der Waals surface area contributed by atoms with Crippen molar-refractivity contribution in [2.24, 2.45) is 0 Å². The van der Waals surface area contributed by atoms with Crippen molar-refractivity contribution >= 4 is 5.91 Å². The fraction of sp³-hybridized carbons (Fsp3) is 0.750. The predicted molar refractivity (Wildman–Crippen MR) is 60.0 cm³/mol. The van der Waals surface area contributed by atoms with E-state index in [4.69, 9.17) is 0 Å². The Kier molecular flexibility index (Phi) is 6.31. The van der Waals surface area contributed by atoms with Crippen LogP contribution >= 0.6 is 0 Å². The number of carbonyl (C=O) groups excluding carboxylic acids is 1. The van der Waals surface area contributed by atoms with Gasteiger partial charge in [-0.25, -0.2) is 0 Å². The van der Waals surface area contributed by atoms with Gasteiger partial charge in [0.1, 0.15) is 0 Å². The molecule has 0 aromatic rings. The zero-order chi connectivity index (χ0) is 10.7. The standard InChI is InChI=1S/C12H20N2O.Y/c1-10(15)14(11-4-2-3-5-11)12-6-8-13-9-7-12;/h4,11-13H,1-3,5-9H2;/q-2;. The van der Waals surface area contributed by atoms with Gasteiger partial charge in [0.2, 0.25) is 0 Å². The van der Waals surface area contributed by atoms with Crippen LogP contribution in [-0.4, -0.2) is 36.0 Å². The van der Waals surface area contributed by atoms with E-state index in [9.17, 15) is 4.79 Å². The molecule has 1 atom stereocenters. The Morgan fingerprint density at radius 1 is 1.31 bits per heavy atom. The second kappa shape index (κ2) is 6.98. The van der Waals surface area contributed by atoms with E-state index in [2.05, 4.69) is 18.7 Å². The third kappa shape index (κ3) is 3.45. The SMILES string of the molecule is [CH2-]C(=O)N(C1[CH-]CCC1)C1CCNCC1.[Y]. The number of rotatable bonds is 2. The molecule has 1 N–H and O–H groups in total. The van der Waals surface area contributed by atoms with Crippen LogP contribution in [-0.2, 0) is 37.5 Å². The minimum atomic E-state index is 0. The van der Waals surface area contributed by atoms with Gasteiger partial charge in [0.05, 0.1) is 5.91 Å².